The first kappa shape index (κ1) is 17.8. The highest BCUT2D eigenvalue weighted by Gasteiger charge is 2.21. The largest absolute Gasteiger partial charge is 0.453 e. The molecule has 0 aliphatic heterocycles. The second kappa shape index (κ2) is 6.93. The Morgan fingerprint density at radius 1 is 1.21 bits per heavy atom. The Labute approximate surface area is 140 Å². The summed E-state index contributed by atoms with van der Waals surface area (Å²) in [5, 5.41) is 2.46. The topological polar surface area (TPSA) is 101 Å². The van der Waals surface area contributed by atoms with Gasteiger partial charge in [0.2, 0.25) is 10.0 Å². The predicted molar refractivity (Wildman–Crippen MR) is 89.1 cm³/mol. The molecule has 0 atom stereocenters. The van der Waals surface area contributed by atoms with Crippen LogP contribution in [0.2, 0.25) is 0 Å². The number of carbonyl (C=O) groups is 1. The van der Waals surface area contributed by atoms with E-state index in [1.54, 1.807) is 31.3 Å². The molecule has 2 aromatic heterocycles. The zero-order valence-corrected chi connectivity index (χ0v) is 14.6. The summed E-state index contributed by atoms with van der Waals surface area (Å²) in [4.78, 5) is 19.6. The molecule has 1 N–H and O–H groups in total. The van der Waals surface area contributed by atoms with Gasteiger partial charge in [-0.1, -0.05) is 0 Å². The second-order valence-electron chi connectivity index (χ2n) is 5.14. The molecule has 0 unspecified atom stereocenters. The summed E-state index contributed by atoms with van der Waals surface area (Å²) in [7, 11) is 0.575. The van der Waals surface area contributed by atoms with Crippen molar-refractivity contribution in [1.82, 2.24) is 14.3 Å². The van der Waals surface area contributed by atoms with Crippen LogP contribution in [0.5, 0.6) is 0 Å². The fourth-order valence-corrected chi connectivity index (χ4v) is 3.06. The molecule has 9 heteroatoms. The Bertz CT molecular complexity index is 866. The zero-order valence-electron chi connectivity index (χ0n) is 13.8. The van der Waals surface area contributed by atoms with Gasteiger partial charge in [-0.2, -0.15) is 0 Å². The number of carbonyl (C=O) groups excluding carboxylic acids is 1. The van der Waals surface area contributed by atoms with E-state index in [0.717, 1.165) is 4.31 Å². The van der Waals surface area contributed by atoms with Gasteiger partial charge < -0.3 is 4.74 Å². The number of hydrogen-bond donors (Lipinski definition) is 1. The van der Waals surface area contributed by atoms with Gasteiger partial charge in [-0.05, 0) is 30.7 Å². The molecule has 2 rings (SSSR count). The van der Waals surface area contributed by atoms with Gasteiger partial charge in [0.25, 0.3) is 0 Å². The van der Waals surface area contributed by atoms with Crippen molar-refractivity contribution in [3.05, 3.63) is 36.3 Å². The van der Waals surface area contributed by atoms with E-state index in [1.165, 1.54) is 27.4 Å². The Hall–Kier alpha value is -2.52. The SMILES string of the molecule is COC(=O)Nc1cc(-c2cnc(C)c(S(=O)(=O)N(C)C)c2)ccn1. The number of rotatable bonds is 4. The molecule has 0 bridgehead atoms. The number of ether oxygens (including phenoxy) is 1. The van der Waals surface area contributed by atoms with Gasteiger partial charge in [-0.3, -0.25) is 10.3 Å². The number of anilines is 1. The minimum absolute atomic E-state index is 0.129. The first-order chi connectivity index (χ1) is 11.3. The number of methoxy groups -OCH3 is 1. The number of nitrogens with one attached hydrogen (secondary N) is 1. The summed E-state index contributed by atoms with van der Waals surface area (Å²) in [5.74, 6) is 0.289. The molecule has 2 heterocycles. The van der Waals surface area contributed by atoms with Gasteiger partial charge in [0.15, 0.2) is 0 Å². The van der Waals surface area contributed by atoms with Crippen LogP contribution in [0.1, 0.15) is 5.69 Å². The van der Waals surface area contributed by atoms with E-state index >= 15 is 0 Å². The minimum Gasteiger partial charge on any atom is -0.453 e. The number of amides is 1. The Kier molecular flexibility index (Phi) is 5.15. The summed E-state index contributed by atoms with van der Waals surface area (Å²) in [6, 6.07) is 4.85. The molecule has 0 aliphatic rings. The molecule has 2 aromatic rings. The number of sulfonamides is 1. The van der Waals surface area contributed by atoms with Gasteiger partial charge in [0, 0.05) is 32.1 Å². The molecule has 0 saturated heterocycles. The third kappa shape index (κ3) is 3.69. The van der Waals surface area contributed by atoms with Crippen molar-refractivity contribution in [1.29, 1.82) is 0 Å². The lowest BCUT2D eigenvalue weighted by Crippen LogP contribution is -2.23. The first-order valence-corrected chi connectivity index (χ1v) is 8.40. The maximum absolute atomic E-state index is 12.4. The minimum atomic E-state index is -3.61. The average molecular weight is 350 g/mol. The molecule has 8 nitrogen and oxygen atoms in total. The molecule has 24 heavy (non-hydrogen) atoms. The molecule has 0 aromatic carbocycles. The number of hydrogen-bond acceptors (Lipinski definition) is 6. The van der Waals surface area contributed by atoms with Crippen LogP contribution in [-0.2, 0) is 14.8 Å². The smallest absolute Gasteiger partial charge is 0.412 e. The lowest BCUT2D eigenvalue weighted by atomic mass is 10.1. The van der Waals surface area contributed by atoms with Crippen LogP contribution in [0.15, 0.2) is 35.5 Å². The van der Waals surface area contributed by atoms with E-state index in [-0.39, 0.29) is 10.7 Å². The van der Waals surface area contributed by atoms with Crippen LogP contribution >= 0.6 is 0 Å². The molecule has 0 radical (unpaired) electrons. The van der Waals surface area contributed by atoms with Crippen molar-refractivity contribution in [2.24, 2.45) is 0 Å². The van der Waals surface area contributed by atoms with Crippen LogP contribution in [0, 0.1) is 6.92 Å². The van der Waals surface area contributed by atoms with Crippen molar-refractivity contribution in [2.75, 3.05) is 26.5 Å². The van der Waals surface area contributed by atoms with Crippen LogP contribution in [0.3, 0.4) is 0 Å². The van der Waals surface area contributed by atoms with Gasteiger partial charge in [0.05, 0.1) is 12.8 Å². The van der Waals surface area contributed by atoms with E-state index in [4.69, 9.17) is 0 Å². The fourth-order valence-electron chi connectivity index (χ4n) is 1.96. The summed E-state index contributed by atoms with van der Waals surface area (Å²) in [5.41, 5.74) is 1.67. The molecule has 0 saturated carbocycles. The van der Waals surface area contributed by atoms with E-state index in [2.05, 4.69) is 20.0 Å². The monoisotopic (exact) mass is 350 g/mol. The van der Waals surface area contributed by atoms with Gasteiger partial charge in [-0.25, -0.2) is 22.5 Å². The molecular weight excluding hydrogens is 332 g/mol. The highest BCUT2D eigenvalue weighted by Crippen LogP contribution is 2.26. The van der Waals surface area contributed by atoms with Crippen molar-refractivity contribution >= 4 is 21.9 Å². The van der Waals surface area contributed by atoms with Crippen LogP contribution in [0.25, 0.3) is 11.1 Å². The quantitative estimate of drug-likeness (QED) is 0.903. The first-order valence-electron chi connectivity index (χ1n) is 6.96. The highest BCUT2D eigenvalue weighted by atomic mass is 32.2. The maximum Gasteiger partial charge on any atom is 0.412 e. The van der Waals surface area contributed by atoms with Crippen LogP contribution in [-0.4, -0.2) is 50.0 Å². The summed E-state index contributed by atoms with van der Waals surface area (Å²) >= 11 is 0. The number of aromatic nitrogens is 2. The molecule has 128 valence electrons. The Balaban J connectivity index is 2.47. The van der Waals surface area contributed by atoms with Crippen molar-refractivity contribution in [3.8, 4) is 11.1 Å². The van der Waals surface area contributed by atoms with Crippen LogP contribution in [0.4, 0.5) is 10.6 Å². The number of pyridine rings is 2. The Morgan fingerprint density at radius 3 is 2.54 bits per heavy atom. The predicted octanol–water partition coefficient (Wildman–Crippen LogP) is 1.88. The van der Waals surface area contributed by atoms with E-state index in [1.807, 2.05) is 0 Å². The lowest BCUT2D eigenvalue weighted by Gasteiger charge is -2.14. The van der Waals surface area contributed by atoms with Crippen molar-refractivity contribution in [2.45, 2.75) is 11.8 Å². The summed E-state index contributed by atoms with van der Waals surface area (Å²) in [6.07, 6.45) is 2.43. The van der Waals surface area contributed by atoms with E-state index < -0.39 is 16.1 Å². The number of nitrogens with zero attached hydrogens (tertiary/aromatic N) is 3. The molecular formula is C15H18N4O4S. The molecule has 0 aliphatic carbocycles. The van der Waals surface area contributed by atoms with E-state index in [0.29, 0.717) is 16.8 Å². The zero-order chi connectivity index (χ0) is 17.9. The maximum atomic E-state index is 12.4. The van der Waals surface area contributed by atoms with Gasteiger partial charge >= 0.3 is 6.09 Å². The van der Waals surface area contributed by atoms with Gasteiger partial charge in [-0.15, -0.1) is 0 Å². The normalized spacial score (nSPS) is 11.4. The second-order valence-corrected chi connectivity index (χ2v) is 7.26. The molecule has 1 amide bonds. The van der Waals surface area contributed by atoms with Gasteiger partial charge in [0.1, 0.15) is 10.7 Å². The van der Waals surface area contributed by atoms with Crippen molar-refractivity contribution in [3.63, 3.8) is 0 Å². The van der Waals surface area contributed by atoms with Crippen LogP contribution < -0.4 is 5.32 Å². The Morgan fingerprint density at radius 2 is 1.92 bits per heavy atom. The third-order valence-corrected chi connectivity index (χ3v) is 5.24. The summed E-state index contributed by atoms with van der Waals surface area (Å²) < 4.78 is 30.4. The van der Waals surface area contributed by atoms with E-state index in [9.17, 15) is 13.2 Å². The highest BCUT2D eigenvalue weighted by molar-refractivity contribution is 7.89. The molecule has 0 fully saturated rings. The number of aryl methyl sites for hydroxylation is 1. The van der Waals surface area contributed by atoms with Crippen molar-refractivity contribution < 1.29 is 17.9 Å². The lowest BCUT2D eigenvalue weighted by molar-refractivity contribution is 0.187. The summed E-state index contributed by atoms with van der Waals surface area (Å²) in [6.45, 7) is 1.64. The fraction of sp³-hybridized carbons (Fsp3) is 0.267. The third-order valence-electron chi connectivity index (χ3n) is 3.31. The average Bonchev–Trinajstić information content (AvgIpc) is 2.55. The standard InChI is InChI=1S/C15H18N4O4S/c1-10-13(24(21,22)19(2)3)7-12(9-17-10)11-5-6-16-14(8-11)18-15(20)23-4/h5-9H,1-4H3,(H,16,18,20). The molecule has 0 spiro atoms.